The largest absolute Gasteiger partial charge is 0.494 e. The maximum Gasteiger partial charge on any atom is 0.239 e. The summed E-state index contributed by atoms with van der Waals surface area (Å²) in [4.78, 5) is 8.68. The maximum absolute atomic E-state index is 5.91. The number of anilines is 1. The summed E-state index contributed by atoms with van der Waals surface area (Å²) in [6.45, 7) is 4.67. The van der Waals surface area contributed by atoms with Crippen LogP contribution in [0.15, 0.2) is 30.6 Å². The number of nitrogens with one attached hydrogen (secondary N) is 1. The van der Waals surface area contributed by atoms with E-state index in [0.717, 1.165) is 17.3 Å². The van der Waals surface area contributed by atoms with E-state index in [4.69, 9.17) is 25.8 Å². The van der Waals surface area contributed by atoms with Crippen molar-refractivity contribution in [3.05, 3.63) is 47.3 Å². The predicted octanol–water partition coefficient (Wildman–Crippen LogP) is 4.17. The first-order valence-corrected chi connectivity index (χ1v) is 11.3. The zero-order valence-electron chi connectivity index (χ0n) is 18.7. The van der Waals surface area contributed by atoms with Gasteiger partial charge in [-0.2, -0.15) is 0 Å². The van der Waals surface area contributed by atoms with Gasteiger partial charge in [-0.1, -0.05) is 31.5 Å². The molecule has 2 atom stereocenters. The van der Waals surface area contributed by atoms with Gasteiger partial charge in [0.05, 0.1) is 25.8 Å². The molecule has 2 aromatic heterocycles. The summed E-state index contributed by atoms with van der Waals surface area (Å²) in [7, 11) is 4.89. The summed E-state index contributed by atoms with van der Waals surface area (Å²) in [6.07, 6.45) is 3.79. The van der Waals surface area contributed by atoms with Gasteiger partial charge < -0.3 is 14.2 Å². The van der Waals surface area contributed by atoms with Crippen molar-refractivity contribution >= 4 is 29.5 Å². The summed E-state index contributed by atoms with van der Waals surface area (Å²) in [5.41, 5.74) is 0.721. The quantitative estimate of drug-likeness (QED) is 0.407. The Hall–Kier alpha value is -2.56. The summed E-state index contributed by atoms with van der Waals surface area (Å²) in [5, 5.41) is 9.40. The smallest absolute Gasteiger partial charge is 0.239 e. The highest BCUT2D eigenvalue weighted by Crippen LogP contribution is 2.36. The molecule has 0 amide bonds. The van der Waals surface area contributed by atoms with Crippen LogP contribution in [0.25, 0.3) is 5.69 Å². The van der Waals surface area contributed by atoms with Crippen molar-refractivity contribution in [2.75, 3.05) is 32.7 Å². The molecule has 0 aliphatic rings. The zero-order valence-corrected chi connectivity index (χ0v) is 20.3. The Kier molecular flexibility index (Phi) is 8.54. The summed E-state index contributed by atoms with van der Waals surface area (Å²) < 4.78 is 21.7. The van der Waals surface area contributed by atoms with Crippen molar-refractivity contribution in [1.82, 2.24) is 24.7 Å². The highest BCUT2D eigenvalue weighted by Gasteiger charge is 2.23. The first kappa shape index (κ1) is 24.1. The van der Waals surface area contributed by atoms with E-state index in [1.54, 1.807) is 33.7 Å². The van der Waals surface area contributed by atoms with Gasteiger partial charge in [-0.05, 0) is 24.1 Å². The first-order valence-electron chi connectivity index (χ1n) is 10.0. The van der Waals surface area contributed by atoms with Gasteiger partial charge in [-0.25, -0.2) is 9.97 Å². The van der Waals surface area contributed by atoms with Crippen LogP contribution in [0, 0.1) is 0 Å². The number of hydrogen-bond acceptors (Lipinski definition) is 9. The summed E-state index contributed by atoms with van der Waals surface area (Å²) in [6, 6.07) is 5.62. The van der Waals surface area contributed by atoms with Gasteiger partial charge in [0.1, 0.15) is 28.8 Å². The van der Waals surface area contributed by atoms with Gasteiger partial charge in [0.2, 0.25) is 5.95 Å². The van der Waals surface area contributed by atoms with Crippen molar-refractivity contribution in [1.29, 1.82) is 0 Å². The molecule has 0 aliphatic carbocycles. The number of hydrogen-bond donors (Lipinski definition) is 1. The molecule has 1 N–H and O–H groups in total. The zero-order chi connectivity index (χ0) is 23.1. The van der Waals surface area contributed by atoms with Crippen molar-refractivity contribution in [3.8, 4) is 17.2 Å². The number of halogens is 1. The van der Waals surface area contributed by atoms with Gasteiger partial charge in [-0.15, -0.1) is 10.2 Å². The molecule has 0 radical (unpaired) electrons. The number of benzene rings is 1. The lowest BCUT2D eigenvalue weighted by atomic mass is 10.1. The third-order valence-electron chi connectivity index (χ3n) is 4.97. The van der Waals surface area contributed by atoms with Crippen LogP contribution < -0.4 is 14.2 Å². The van der Waals surface area contributed by atoms with E-state index in [-0.39, 0.29) is 11.2 Å². The molecule has 32 heavy (non-hydrogen) atoms. The minimum absolute atomic E-state index is 0.0786. The molecule has 0 fully saturated rings. The number of methoxy groups -OCH3 is 3. The van der Waals surface area contributed by atoms with Gasteiger partial charge in [0.15, 0.2) is 0 Å². The van der Waals surface area contributed by atoms with Crippen LogP contribution in [-0.2, 0) is 11.2 Å². The van der Waals surface area contributed by atoms with Crippen LogP contribution >= 0.6 is 23.5 Å². The van der Waals surface area contributed by atoms with E-state index in [9.17, 15) is 0 Å². The second kappa shape index (κ2) is 11.3. The Morgan fingerprint density at radius 3 is 2.31 bits per heavy atom. The van der Waals surface area contributed by atoms with Crippen LogP contribution in [0.4, 0.5) is 5.95 Å². The van der Waals surface area contributed by atoms with Crippen LogP contribution in [0.1, 0.15) is 31.4 Å². The lowest BCUT2D eigenvalue weighted by Crippen LogP contribution is -2.15. The van der Waals surface area contributed by atoms with Crippen molar-refractivity contribution in [2.45, 2.75) is 31.4 Å². The van der Waals surface area contributed by atoms with Gasteiger partial charge in [-0.3, -0.25) is 9.29 Å². The number of rotatable bonds is 11. The van der Waals surface area contributed by atoms with E-state index >= 15 is 0 Å². The molecule has 3 rings (SSSR count). The predicted molar refractivity (Wildman–Crippen MR) is 126 cm³/mol. The van der Waals surface area contributed by atoms with Crippen LogP contribution in [0.2, 0.25) is 5.02 Å². The SMILES string of the molecule is COCCc1nnc(NSC(C)C(C)c2ncc(Cl)cn2)n1-c1c(OC)cccc1OC. The van der Waals surface area contributed by atoms with Crippen LogP contribution in [-0.4, -0.2) is 57.9 Å². The number of ether oxygens (including phenoxy) is 3. The third-order valence-corrected chi connectivity index (χ3v) is 6.25. The molecule has 0 saturated heterocycles. The molecule has 11 heteroatoms. The lowest BCUT2D eigenvalue weighted by molar-refractivity contribution is 0.200. The number of para-hydroxylation sites is 1. The Labute approximate surface area is 197 Å². The molecule has 0 spiro atoms. The average molecular weight is 479 g/mol. The van der Waals surface area contributed by atoms with Crippen molar-refractivity contribution in [3.63, 3.8) is 0 Å². The normalized spacial score (nSPS) is 12.9. The van der Waals surface area contributed by atoms with Crippen molar-refractivity contribution < 1.29 is 14.2 Å². The fourth-order valence-electron chi connectivity index (χ4n) is 3.04. The average Bonchev–Trinajstić information content (AvgIpc) is 3.22. The fraction of sp³-hybridized carbons (Fsp3) is 0.429. The van der Waals surface area contributed by atoms with Gasteiger partial charge in [0, 0.05) is 37.1 Å². The van der Waals surface area contributed by atoms with E-state index in [2.05, 4.69) is 38.7 Å². The molecule has 0 bridgehead atoms. The van der Waals surface area contributed by atoms with Gasteiger partial charge in [0.25, 0.3) is 0 Å². The van der Waals surface area contributed by atoms with Crippen LogP contribution in [0.5, 0.6) is 11.5 Å². The van der Waals surface area contributed by atoms with Crippen molar-refractivity contribution in [2.24, 2.45) is 0 Å². The first-order chi connectivity index (χ1) is 15.5. The molecule has 2 heterocycles. The lowest BCUT2D eigenvalue weighted by Gasteiger charge is -2.20. The summed E-state index contributed by atoms with van der Waals surface area (Å²) >= 11 is 7.42. The Balaban J connectivity index is 1.89. The molecule has 1 aromatic carbocycles. The molecule has 3 aromatic rings. The third kappa shape index (κ3) is 5.43. The standard InChI is InChI=1S/C21H27ClN6O3S/c1-13(20-23-11-15(22)12-24-20)14(2)32-27-21-26-25-18(9-10-29-3)28(21)19-16(30-4)7-6-8-17(19)31-5/h6-8,11-14H,9-10H2,1-5H3,(H,26,27). The highest BCUT2D eigenvalue weighted by molar-refractivity contribution is 8.01. The fourth-order valence-corrected chi connectivity index (χ4v) is 3.89. The molecular formula is C21H27ClN6O3S. The van der Waals surface area contributed by atoms with E-state index < -0.39 is 0 Å². The van der Waals surface area contributed by atoms with E-state index in [1.165, 1.54) is 11.9 Å². The Morgan fingerprint density at radius 1 is 1.06 bits per heavy atom. The molecule has 0 saturated carbocycles. The molecule has 9 nitrogen and oxygen atoms in total. The minimum atomic E-state index is 0.0786. The van der Waals surface area contributed by atoms with E-state index in [0.29, 0.717) is 35.5 Å². The van der Waals surface area contributed by atoms with E-state index in [1.807, 2.05) is 22.8 Å². The monoisotopic (exact) mass is 478 g/mol. The molecule has 172 valence electrons. The Morgan fingerprint density at radius 2 is 1.72 bits per heavy atom. The second-order valence-corrected chi connectivity index (χ2v) is 8.62. The molecule has 0 aliphatic heterocycles. The summed E-state index contributed by atoms with van der Waals surface area (Å²) in [5.74, 6) is 3.37. The highest BCUT2D eigenvalue weighted by atomic mass is 35.5. The maximum atomic E-state index is 5.91. The number of aromatic nitrogens is 5. The van der Waals surface area contributed by atoms with Crippen LogP contribution in [0.3, 0.4) is 0 Å². The second-order valence-electron chi connectivity index (χ2n) is 7.00. The number of nitrogens with zero attached hydrogens (tertiary/aromatic N) is 5. The van der Waals surface area contributed by atoms with Gasteiger partial charge >= 0.3 is 0 Å². The minimum Gasteiger partial charge on any atom is -0.494 e. The molecular weight excluding hydrogens is 452 g/mol. The topological polar surface area (TPSA) is 96.2 Å². The Bertz CT molecular complexity index is 995. The molecule has 2 unspecified atom stereocenters.